The molecule has 0 saturated carbocycles. The number of nitrogens with one attached hydrogen (secondary N) is 1. The van der Waals surface area contributed by atoms with Gasteiger partial charge in [0.05, 0.1) is 18.7 Å². The molecule has 2 heterocycles. The van der Waals surface area contributed by atoms with Gasteiger partial charge in [0.25, 0.3) is 5.56 Å². The Hall–Kier alpha value is -1.22. The summed E-state index contributed by atoms with van der Waals surface area (Å²) in [6.45, 7) is 1.61. The van der Waals surface area contributed by atoms with Crippen LogP contribution in [0.15, 0.2) is 14.8 Å². The van der Waals surface area contributed by atoms with Crippen LogP contribution < -0.4 is 22.1 Å². The second-order valence-electron chi connectivity index (χ2n) is 3.89. The molecule has 0 bridgehead atoms. The third kappa shape index (κ3) is 3.63. The van der Waals surface area contributed by atoms with E-state index in [2.05, 4.69) is 20.0 Å². The Bertz CT molecular complexity index is 603. The number of hydrogen-bond acceptors (Lipinski definition) is 7. The van der Waals surface area contributed by atoms with E-state index in [9.17, 15) is 15.0 Å². The van der Waals surface area contributed by atoms with Gasteiger partial charge in [0.2, 0.25) is 5.95 Å². The minimum Gasteiger partial charge on any atom is -0.391 e. The first-order valence-electron chi connectivity index (χ1n) is 5.13. The fraction of sp³-hybridized carbons (Fsp3) is 0.556. The fourth-order valence-corrected chi connectivity index (χ4v) is 1.59. The average Bonchev–Trinajstić information content (AvgIpc) is 2.27. The van der Waals surface area contributed by atoms with E-state index in [1.54, 1.807) is 0 Å². The molecule has 8 nitrogen and oxygen atoms in total. The number of nitrogens with two attached hydrogens (primary N) is 1. The summed E-state index contributed by atoms with van der Waals surface area (Å²) < 4.78 is 0. The van der Waals surface area contributed by atoms with Gasteiger partial charge in [0.15, 0.2) is 10.8 Å². The predicted molar refractivity (Wildman–Crippen MR) is 72.4 cm³/mol. The standard InChI is InChI=1S/C9H13N5O3.2ClH/c1-3(15)6(16)4-2-11-7-5(12-4)8(17)14-9(10)13-7;;/h3-4,6,15-16H,2H2,1H3,(H3,10,11,13,14,17);2*1H/t3-,4+,6-;;/m0../s1. The van der Waals surface area contributed by atoms with Gasteiger partial charge in [0, 0.05) is 0 Å². The molecule has 0 unspecified atom stereocenters. The average molecular weight is 312 g/mol. The molecule has 10 heteroatoms. The van der Waals surface area contributed by atoms with E-state index in [1.165, 1.54) is 6.92 Å². The highest BCUT2D eigenvalue weighted by Gasteiger charge is 2.24. The van der Waals surface area contributed by atoms with Gasteiger partial charge in [-0.3, -0.25) is 19.8 Å². The lowest BCUT2D eigenvalue weighted by Gasteiger charge is -2.21. The topological polar surface area (TPSA) is 137 Å². The van der Waals surface area contributed by atoms with E-state index >= 15 is 0 Å². The van der Waals surface area contributed by atoms with E-state index in [0.717, 1.165) is 0 Å². The van der Waals surface area contributed by atoms with Gasteiger partial charge in [-0.2, -0.15) is 4.98 Å². The highest BCUT2D eigenvalue weighted by atomic mass is 35.5. The van der Waals surface area contributed by atoms with Crippen molar-refractivity contribution in [3.8, 4) is 0 Å². The Labute approximate surface area is 120 Å². The molecule has 19 heavy (non-hydrogen) atoms. The maximum absolute atomic E-state index is 11.5. The number of hydrogen-bond donors (Lipinski definition) is 4. The lowest BCUT2D eigenvalue weighted by molar-refractivity contribution is 0.0160. The molecular formula is C9H15Cl2N5O3. The molecule has 0 radical (unpaired) electrons. The lowest BCUT2D eigenvalue weighted by Crippen LogP contribution is -2.50. The van der Waals surface area contributed by atoms with Crippen LogP contribution in [0, 0.1) is 0 Å². The molecule has 1 aromatic rings. The molecule has 0 aliphatic carbocycles. The first-order valence-corrected chi connectivity index (χ1v) is 5.13. The molecule has 108 valence electrons. The van der Waals surface area contributed by atoms with Gasteiger partial charge in [-0.05, 0) is 6.92 Å². The van der Waals surface area contributed by atoms with Gasteiger partial charge in [-0.15, -0.1) is 24.8 Å². The smallest absolute Gasteiger partial charge is 0.280 e. The van der Waals surface area contributed by atoms with Crippen molar-refractivity contribution < 1.29 is 10.2 Å². The number of anilines is 1. The first-order chi connectivity index (χ1) is 7.99. The third-order valence-corrected chi connectivity index (χ3v) is 2.51. The molecule has 0 spiro atoms. The van der Waals surface area contributed by atoms with Gasteiger partial charge in [-0.25, -0.2) is 0 Å². The number of fused-ring (bicyclic) bond motifs is 1. The number of aliphatic hydroxyl groups excluding tert-OH is 2. The number of nitrogens with zero attached hydrogens (tertiary/aromatic N) is 3. The number of aliphatic hydroxyl groups is 2. The van der Waals surface area contributed by atoms with Crippen LogP contribution in [0.3, 0.4) is 0 Å². The van der Waals surface area contributed by atoms with Crippen molar-refractivity contribution in [2.75, 3.05) is 12.3 Å². The van der Waals surface area contributed by atoms with E-state index in [-0.39, 0.29) is 48.2 Å². The number of aromatic nitrogens is 2. The molecule has 1 aromatic heterocycles. The van der Waals surface area contributed by atoms with Crippen molar-refractivity contribution in [3.63, 3.8) is 0 Å². The summed E-state index contributed by atoms with van der Waals surface area (Å²) in [5.41, 5.74) is 5.03. The number of halogens is 2. The Kier molecular flexibility index (Phi) is 6.37. The Morgan fingerprint density at radius 1 is 1.42 bits per heavy atom. The normalized spacial score (nSPS) is 19.6. The summed E-state index contributed by atoms with van der Waals surface area (Å²) in [6, 6.07) is -0.644. The van der Waals surface area contributed by atoms with Gasteiger partial charge >= 0.3 is 0 Å². The summed E-state index contributed by atoms with van der Waals surface area (Å²) >= 11 is 0. The van der Waals surface area contributed by atoms with Crippen molar-refractivity contribution in [1.82, 2.24) is 9.97 Å². The van der Waals surface area contributed by atoms with Crippen LogP contribution in [0.5, 0.6) is 0 Å². The molecule has 3 atom stereocenters. The lowest BCUT2D eigenvalue weighted by atomic mass is 10.1. The maximum atomic E-state index is 11.5. The largest absolute Gasteiger partial charge is 0.391 e. The number of aromatic amines is 1. The summed E-state index contributed by atoms with van der Waals surface area (Å²) in [5, 5.41) is 19.0. The number of rotatable bonds is 2. The van der Waals surface area contributed by atoms with E-state index < -0.39 is 23.8 Å². The van der Waals surface area contributed by atoms with Crippen LogP contribution in [0.25, 0.3) is 0 Å². The molecule has 1 aliphatic heterocycles. The fourth-order valence-electron chi connectivity index (χ4n) is 1.59. The van der Waals surface area contributed by atoms with Crippen LogP contribution >= 0.6 is 24.8 Å². The van der Waals surface area contributed by atoms with Crippen molar-refractivity contribution in [2.24, 2.45) is 9.98 Å². The zero-order valence-corrected chi connectivity index (χ0v) is 11.6. The van der Waals surface area contributed by atoms with E-state index in [4.69, 9.17) is 5.73 Å². The predicted octanol–water partition coefficient (Wildman–Crippen LogP) is -2.44. The summed E-state index contributed by atoms with van der Waals surface area (Å²) in [7, 11) is 0. The van der Waals surface area contributed by atoms with Crippen molar-refractivity contribution in [3.05, 3.63) is 21.2 Å². The molecule has 0 fully saturated rings. The second-order valence-corrected chi connectivity index (χ2v) is 3.89. The highest BCUT2D eigenvalue weighted by molar-refractivity contribution is 5.85. The zero-order valence-electron chi connectivity index (χ0n) is 9.98. The molecule has 0 saturated heterocycles. The van der Waals surface area contributed by atoms with Gasteiger partial charge in [-0.1, -0.05) is 0 Å². The Morgan fingerprint density at radius 2 is 2.05 bits per heavy atom. The van der Waals surface area contributed by atoms with E-state index in [0.29, 0.717) is 0 Å². The van der Waals surface area contributed by atoms with Crippen LogP contribution in [-0.4, -0.2) is 45.0 Å². The summed E-state index contributed by atoms with van der Waals surface area (Å²) in [6.07, 6.45) is -2.01. The monoisotopic (exact) mass is 311 g/mol. The molecule has 5 N–H and O–H groups in total. The minimum atomic E-state index is -1.07. The van der Waals surface area contributed by atoms with Gasteiger partial charge in [0.1, 0.15) is 6.10 Å². The van der Waals surface area contributed by atoms with E-state index in [1.807, 2.05) is 0 Å². The molecule has 2 rings (SSSR count). The number of H-pyrrole nitrogens is 1. The molecule has 0 aromatic carbocycles. The van der Waals surface area contributed by atoms with Crippen LogP contribution in [0.2, 0.25) is 0 Å². The minimum absolute atomic E-state index is 0. The second kappa shape index (κ2) is 6.80. The zero-order chi connectivity index (χ0) is 12.6. The molecular weight excluding hydrogens is 297 g/mol. The van der Waals surface area contributed by atoms with Crippen molar-refractivity contribution in [2.45, 2.75) is 25.2 Å². The Balaban J connectivity index is 0.00000162. The van der Waals surface area contributed by atoms with Crippen molar-refractivity contribution in [1.29, 1.82) is 0 Å². The highest BCUT2D eigenvalue weighted by Crippen LogP contribution is 2.04. The first kappa shape index (κ1) is 17.8. The van der Waals surface area contributed by atoms with Crippen LogP contribution in [-0.2, 0) is 0 Å². The third-order valence-electron chi connectivity index (χ3n) is 2.51. The number of nitrogen functional groups attached to an aromatic ring is 1. The van der Waals surface area contributed by atoms with Crippen molar-refractivity contribution >= 4 is 30.8 Å². The van der Waals surface area contributed by atoms with Crippen LogP contribution in [0.1, 0.15) is 6.92 Å². The molecule has 1 aliphatic rings. The molecule has 0 amide bonds. The maximum Gasteiger partial charge on any atom is 0.280 e. The summed E-state index contributed by atoms with van der Waals surface area (Å²) in [5.74, 6) is -0.0257. The Morgan fingerprint density at radius 3 is 2.63 bits per heavy atom. The SMILES string of the molecule is C[C@H](O)[C@H](O)[C@H]1CN=c2nc(N)[nH]c(=O)c2=N1.Cl.Cl. The summed E-state index contributed by atoms with van der Waals surface area (Å²) in [4.78, 5) is 25.7. The van der Waals surface area contributed by atoms with Crippen LogP contribution in [0.4, 0.5) is 5.95 Å². The quantitative estimate of drug-likeness (QED) is 0.481. The van der Waals surface area contributed by atoms with Gasteiger partial charge < -0.3 is 15.9 Å².